The number of rotatable bonds is 6. The monoisotopic (exact) mass is 480 g/mol. The molecular formula is C27H32N2O6. The van der Waals surface area contributed by atoms with Crippen molar-refractivity contribution in [3.8, 4) is 11.1 Å². The van der Waals surface area contributed by atoms with Gasteiger partial charge in [0.25, 0.3) is 0 Å². The van der Waals surface area contributed by atoms with Crippen LogP contribution in [0.25, 0.3) is 11.1 Å². The number of likely N-dealkylation sites (tertiary alicyclic amines) is 1. The molecule has 1 fully saturated rings. The number of alkyl carbamates (subject to hydrolysis) is 1. The van der Waals surface area contributed by atoms with Gasteiger partial charge in [0.15, 0.2) is 0 Å². The summed E-state index contributed by atoms with van der Waals surface area (Å²) in [5, 5.41) is 12.3. The molecule has 2 N–H and O–H groups in total. The normalized spacial score (nSPS) is 20.2. The molecule has 1 heterocycles. The first-order chi connectivity index (χ1) is 16.6. The fourth-order valence-corrected chi connectivity index (χ4v) is 5.02. The number of carbonyl (C=O) groups is 3. The maximum absolute atomic E-state index is 13.4. The average molecular weight is 481 g/mol. The van der Waals surface area contributed by atoms with Gasteiger partial charge in [-0.05, 0) is 27.7 Å². The first-order valence-electron chi connectivity index (χ1n) is 11.8. The third kappa shape index (κ3) is 4.89. The largest absolute Gasteiger partial charge is 0.480 e. The van der Waals surface area contributed by atoms with E-state index in [1.54, 1.807) is 0 Å². The predicted octanol–water partition coefficient (Wildman–Crippen LogP) is 3.64. The number of hydrogen-bond acceptors (Lipinski definition) is 5. The Labute approximate surface area is 205 Å². The first kappa shape index (κ1) is 24.7. The molecule has 4 rings (SSSR count). The smallest absolute Gasteiger partial charge is 0.407 e. The average Bonchev–Trinajstić information content (AvgIpc) is 3.40. The van der Waals surface area contributed by atoms with Crippen LogP contribution in [0.1, 0.15) is 44.2 Å². The molecule has 2 aromatic carbocycles. The Morgan fingerprint density at radius 1 is 1.06 bits per heavy atom. The van der Waals surface area contributed by atoms with Gasteiger partial charge in [-0.15, -0.1) is 0 Å². The second kappa shape index (κ2) is 9.70. The van der Waals surface area contributed by atoms with E-state index in [-0.39, 0.29) is 31.6 Å². The van der Waals surface area contributed by atoms with Crippen LogP contribution in [0.3, 0.4) is 0 Å². The molecule has 1 aliphatic carbocycles. The number of amides is 2. The second-order valence-corrected chi connectivity index (χ2v) is 10.2. The van der Waals surface area contributed by atoms with E-state index in [4.69, 9.17) is 9.47 Å². The lowest BCUT2D eigenvalue weighted by Crippen LogP contribution is -2.57. The Morgan fingerprint density at radius 3 is 2.14 bits per heavy atom. The van der Waals surface area contributed by atoms with Crippen molar-refractivity contribution in [1.29, 1.82) is 0 Å². The van der Waals surface area contributed by atoms with Crippen LogP contribution in [0.5, 0.6) is 0 Å². The molecule has 3 atom stereocenters. The minimum Gasteiger partial charge on any atom is -0.480 e. The van der Waals surface area contributed by atoms with Crippen LogP contribution in [-0.4, -0.2) is 66.4 Å². The van der Waals surface area contributed by atoms with E-state index in [1.807, 2.05) is 57.2 Å². The Kier molecular flexibility index (Phi) is 6.85. The molecule has 0 radical (unpaired) electrons. The van der Waals surface area contributed by atoms with Gasteiger partial charge in [-0.3, -0.25) is 4.79 Å². The van der Waals surface area contributed by atoms with Crippen LogP contribution in [-0.2, 0) is 19.1 Å². The third-order valence-electron chi connectivity index (χ3n) is 6.88. The highest BCUT2D eigenvalue weighted by atomic mass is 16.5. The van der Waals surface area contributed by atoms with E-state index in [9.17, 15) is 19.5 Å². The molecule has 2 aliphatic rings. The van der Waals surface area contributed by atoms with Gasteiger partial charge in [0.2, 0.25) is 5.91 Å². The molecule has 8 heteroatoms. The number of hydrogen-bond donors (Lipinski definition) is 2. The van der Waals surface area contributed by atoms with Gasteiger partial charge in [-0.25, -0.2) is 9.59 Å². The van der Waals surface area contributed by atoms with Crippen LogP contribution in [0.15, 0.2) is 48.5 Å². The minimum atomic E-state index is -1.09. The molecule has 2 unspecified atom stereocenters. The first-order valence-corrected chi connectivity index (χ1v) is 11.8. The Balaban J connectivity index is 1.48. The minimum absolute atomic E-state index is 0.102. The van der Waals surface area contributed by atoms with E-state index in [1.165, 1.54) is 12.0 Å². The zero-order valence-electron chi connectivity index (χ0n) is 20.5. The fourth-order valence-electron chi connectivity index (χ4n) is 5.02. The molecule has 0 bridgehead atoms. The number of nitrogens with one attached hydrogen (secondary N) is 1. The standard InChI is InChI=1S/C27H32N2O6/c1-27(2,3)23(24(30)29-14-16(34-4)13-22(29)25(31)32)28-26(33)35-15-21-19-11-7-5-9-17(19)18-10-6-8-12-20(18)21/h5-12,16,21-23H,13-15H2,1-4H3,(H,28,33)(H,31,32)/t16?,22?,23-/m1/s1. The van der Waals surface area contributed by atoms with Crippen LogP contribution < -0.4 is 5.32 Å². The summed E-state index contributed by atoms with van der Waals surface area (Å²) < 4.78 is 10.9. The Hall–Kier alpha value is -3.39. The van der Waals surface area contributed by atoms with Crippen molar-refractivity contribution in [1.82, 2.24) is 10.2 Å². The van der Waals surface area contributed by atoms with Gasteiger partial charge in [-0.1, -0.05) is 69.3 Å². The summed E-state index contributed by atoms with van der Waals surface area (Å²) in [6.07, 6.45) is -0.871. The van der Waals surface area contributed by atoms with Crippen molar-refractivity contribution < 1.29 is 29.0 Å². The molecule has 2 aromatic rings. The number of fused-ring (bicyclic) bond motifs is 3. The van der Waals surface area contributed by atoms with E-state index in [0.717, 1.165) is 22.3 Å². The van der Waals surface area contributed by atoms with Gasteiger partial charge in [0.05, 0.1) is 6.10 Å². The molecule has 186 valence electrons. The molecule has 2 amide bonds. The lowest BCUT2D eigenvalue weighted by molar-refractivity contribution is -0.150. The third-order valence-corrected chi connectivity index (χ3v) is 6.88. The number of carboxylic acids is 1. The molecule has 0 aromatic heterocycles. The number of methoxy groups -OCH3 is 1. The second-order valence-electron chi connectivity index (χ2n) is 10.2. The van der Waals surface area contributed by atoms with Gasteiger partial charge in [0.1, 0.15) is 18.7 Å². The van der Waals surface area contributed by atoms with Crippen molar-refractivity contribution in [2.45, 2.75) is 51.3 Å². The molecule has 35 heavy (non-hydrogen) atoms. The zero-order valence-corrected chi connectivity index (χ0v) is 20.5. The summed E-state index contributed by atoms with van der Waals surface area (Å²) in [6, 6.07) is 14.1. The summed E-state index contributed by atoms with van der Waals surface area (Å²) in [4.78, 5) is 39.4. The van der Waals surface area contributed by atoms with E-state index in [2.05, 4.69) is 17.4 Å². The fraction of sp³-hybridized carbons (Fsp3) is 0.444. The van der Waals surface area contributed by atoms with Gasteiger partial charge < -0.3 is 24.8 Å². The van der Waals surface area contributed by atoms with Crippen molar-refractivity contribution in [3.63, 3.8) is 0 Å². The van der Waals surface area contributed by atoms with Gasteiger partial charge in [0, 0.05) is 26.0 Å². The molecule has 8 nitrogen and oxygen atoms in total. The topological polar surface area (TPSA) is 105 Å². The lowest BCUT2D eigenvalue weighted by Gasteiger charge is -2.34. The van der Waals surface area contributed by atoms with Crippen LogP contribution in [0, 0.1) is 5.41 Å². The summed E-state index contributed by atoms with van der Waals surface area (Å²) in [6.45, 7) is 5.74. The SMILES string of the molecule is COC1CC(C(=O)O)N(C(=O)[C@@H](NC(=O)OCC2c3ccccc3-c3ccccc32)C(C)(C)C)C1. The van der Waals surface area contributed by atoms with Crippen LogP contribution >= 0.6 is 0 Å². The summed E-state index contributed by atoms with van der Waals surface area (Å²) in [5.74, 6) is -1.65. The van der Waals surface area contributed by atoms with Gasteiger partial charge in [-0.2, -0.15) is 0 Å². The van der Waals surface area contributed by atoms with Crippen molar-refractivity contribution in [2.75, 3.05) is 20.3 Å². The Bertz CT molecular complexity index is 1080. The number of ether oxygens (including phenoxy) is 2. The predicted molar refractivity (Wildman–Crippen MR) is 130 cm³/mol. The number of nitrogens with zero attached hydrogens (tertiary/aromatic N) is 1. The van der Waals surface area contributed by atoms with E-state index < -0.39 is 35.5 Å². The van der Waals surface area contributed by atoms with Crippen molar-refractivity contribution in [2.24, 2.45) is 5.41 Å². The summed E-state index contributed by atoms with van der Waals surface area (Å²) in [7, 11) is 1.49. The number of aliphatic carboxylic acids is 1. The molecule has 0 saturated carbocycles. The van der Waals surface area contributed by atoms with E-state index in [0.29, 0.717) is 0 Å². The van der Waals surface area contributed by atoms with E-state index >= 15 is 0 Å². The maximum atomic E-state index is 13.4. The van der Waals surface area contributed by atoms with Gasteiger partial charge >= 0.3 is 12.1 Å². The van der Waals surface area contributed by atoms with Crippen LogP contribution in [0.4, 0.5) is 4.79 Å². The molecular weight excluding hydrogens is 448 g/mol. The lowest BCUT2D eigenvalue weighted by atomic mass is 9.85. The molecule has 1 aliphatic heterocycles. The highest BCUT2D eigenvalue weighted by molar-refractivity contribution is 5.90. The van der Waals surface area contributed by atoms with Crippen molar-refractivity contribution >= 4 is 18.0 Å². The highest BCUT2D eigenvalue weighted by Gasteiger charge is 2.45. The van der Waals surface area contributed by atoms with Crippen molar-refractivity contribution in [3.05, 3.63) is 59.7 Å². The maximum Gasteiger partial charge on any atom is 0.407 e. The number of benzene rings is 2. The summed E-state index contributed by atoms with van der Waals surface area (Å²) in [5.41, 5.74) is 3.77. The Morgan fingerprint density at radius 2 is 1.63 bits per heavy atom. The number of carboxylic acid groups (broad SMARTS) is 1. The molecule has 0 spiro atoms. The zero-order chi connectivity index (χ0) is 25.3. The highest BCUT2D eigenvalue weighted by Crippen LogP contribution is 2.44. The summed E-state index contributed by atoms with van der Waals surface area (Å²) >= 11 is 0. The number of carbonyl (C=O) groups excluding carboxylic acids is 2. The van der Waals surface area contributed by atoms with Crippen LogP contribution in [0.2, 0.25) is 0 Å². The quantitative estimate of drug-likeness (QED) is 0.654. The molecule has 1 saturated heterocycles.